The molecule has 1 spiro atoms. The highest BCUT2D eigenvalue weighted by Crippen LogP contribution is 2.46. The van der Waals surface area contributed by atoms with E-state index in [1.54, 1.807) is 36.8 Å². The first kappa shape index (κ1) is 18.1. The summed E-state index contributed by atoms with van der Waals surface area (Å²) in [5.74, 6) is 0.546. The predicted molar refractivity (Wildman–Crippen MR) is 107 cm³/mol. The van der Waals surface area contributed by atoms with Crippen molar-refractivity contribution >= 4 is 0 Å². The zero-order valence-electron chi connectivity index (χ0n) is 16.5. The second-order valence-corrected chi connectivity index (χ2v) is 8.77. The van der Waals surface area contributed by atoms with Crippen molar-refractivity contribution in [3.63, 3.8) is 0 Å². The van der Waals surface area contributed by atoms with E-state index in [1.807, 2.05) is 0 Å². The maximum atomic E-state index is 10.4. The van der Waals surface area contributed by atoms with E-state index in [2.05, 4.69) is 44.5 Å². The van der Waals surface area contributed by atoms with Crippen molar-refractivity contribution in [3.05, 3.63) is 36.8 Å². The zero-order chi connectivity index (χ0) is 20.1. The first-order chi connectivity index (χ1) is 13.9. The van der Waals surface area contributed by atoms with Crippen molar-refractivity contribution in [2.45, 2.75) is 56.7 Å². The molecule has 1 atom stereocenters. The van der Waals surface area contributed by atoms with Gasteiger partial charge in [-0.1, -0.05) is 0 Å². The lowest BCUT2D eigenvalue weighted by molar-refractivity contribution is 0.0737. The Kier molecular flexibility index (Phi) is 4.06. The lowest BCUT2D eigenvalue weighted by atomic mass is 9.85. The number of ether oxygens (including phenoxy) is 1. The topological polar surface area (TPSA) is 109 Å². The van der Waals surface area contributed by atoms with Gasteiger partial charge in [-0.3, -0.25) is 5.10 Å². The third-order valence-electron chi connectivity index (χ3n) is 5.68. The van der Waals surface area contributed by atoms with Crippen molar-refractivity contribution in [3.8, 4) is 34.1 Å². The molecule has 150 valence electrons. The number of hydrogen-bond acceptors (Lipinski definition) is 7. The molecule has 8 nitrogen and oxygen atoms in total. The monoisotopic (exact) mass is 392 g/mol. The molecule has 2 fully saturated rings. The lowest BCUT2D eigenvalue weighted by Gasteiger charge is -2.41. The van der Waals surface area contributed by atoms with Crippen molar-refractivity contribution in [1.82, 2.24) is 30.7 Å². The van der Waals surface area contributed by atoms with Gasteiger partial charge in [-0.15, -0.1) is 10.2 Å². The highest BCUT2D eigenvalue weighted by atomic mass is 16.5. The second-order valence-electron chi connectivity index (χ2n) is 8.77. The van der Waals surface area contributed by atoms with Crippen LogP contribution in [0.4, 0.5) is 0 Å². The summed E-state index contributed by atoms with van der Waals surface area (Å²) >= 11 is 0. The van der Waals surface area contributed by atoms with Gasteiger partial charge in [0.05, 0.1) is 6.20 Å². The highest BCUT2D eigenvalue weighted by Gasteiger charge is 2.51. The second kappa shape index (κ2) is 6.52. The van der Waals surface area contributed by atoms with E-state index in [-0.39, 0.29) is 22.9 Å². The molecule has 0 amide bonds. The molecule has 0 aromatic carbocycles. The lowest BCUT2D eigenvalue weighted by Crippen LogP contribution is -2.56. The van der Waals surface area contributed by atoms with Gasteiger partial charge < -0.3 is 15.2 Å². The number of pyridine rings is 1. The minimum absolute atomic E-state index is 0.0439. The van der Waals surface area contributed by atoms with Crippen LogP contribution in [-0.2, 0) is 0 Å². The minimum atomic E-state index is 0.0439. The summed E-state index contributed by atoms with van der Waals surface area (Å²) < 4.78 is 6.15. The number of rotatable bonds is 4. The normalized spacial score (nSPS) is 21.8. The van der Waals surface area contributed by atoms with Crippen LogP contribution in [0.2, 0.25) is 0 Å². The van der Waals surface area contributed by atoms with Crippen LogP contribution in [0.1, 0.15) is 39.5 Å². The number of nitrogens with one attached hydrogen (secondary N) is 2. The molecular weight excluding hydrogens is 368 g/mol. The zero-order valence-corrected chi connectivity index (χ0v) is 16.5. The van der Waals surface area contributed by atoms with E-state index in [0.29, 0.717) is 17.3 Å². The molecule has 29 heavy (non-hydrogen) atoms. The summed E-state index contributed by atoms with van der Waals surface area (Å²) in [5.41, 5.74) is 2.81. The first-order valence-corrected chi connectivity index (χ1v) is 9.90. The van der Waals surface area contributed by atoms with Gasteiger partial charge in [0.15, 0.2) is 0 Å². The Bertz CT molecular complexity index is 1010. The Hall–Kier alpha value is -3.00. The summed E-state index contributed by atoms with van der Waals surface area (Å²) in [4.78, 5) is 4.35. The van der Waals surface area contributed by atoms with Gasteiger partial charge in [0.25, 0.3) is 0 Å². The molecular formula is C21H24N6O2. The van der Waals surface area contributed by atoms with Crippen LogP contribution < -0.4 is 10.1 Å². The molecule has 3 aromatic rings. The van der Waals surface area contributed by atoms with E-state index in [0.717, 1.165) is 24.0 Å². The fourth-order valence-electron chi connectivity index (χ4n) is 4.36. The van der Waals surface area contributed by atoms with E-state index in [9.17, 15) is 5.11 Å². The molecule has 3 N–H and O–H groups in total. The Morgan fingerprint density at radius 2 is 1.97 bits per heavy atom. The third kappa shape index (κ3) is 3.67. The number of aromatic amines is 1. The van der Waals surface area contributed by atoms with Crippen LogP contribution in [0.5, 0.6) is 11.6 Å². The number of piperidine rings is 1. The largest absolute Gasteiger partial charge is 0.506 e. The van der Waals surface area contributed by atoms with Gasteiger partial charge in [-0.05, 0) is 38.8 Å². The van der Waals surface area contributed by atoms with Crippen LogP contribution in [0.15, 0.2) is 36.8 Å². The average molecular weight is 392 g/mol. The fourth-order valence-corrected chi connectivity index (χ4v) is 4.36. The number of nitrogens with zero attached hydrogens (tertiary/aromatic N) is 4. The van der Waals surface area contributed by atoms with Crippen molar-refractivity contribution in [2.24, 2.45) is 0 Å². The maximum Gasteiger partial charge on any atom is 0.233 e. The summed E-state index contributed by atoms with van der Waals surface area (Å²) in [5, 5.41) is 29.3. The highest BCUT2D eigenvalue weighted by molar-refractivity contribution is 5.69. The van der Waals surface area contributed by atoms with E-state index in [1.165, 1.54) is 12.8 Å². The third-order valence-corrected chi connectivity index (χ3v) is 5.68. The quantitative estimate of drug-likeness (QED) is 0.626. The van der Waals surface area contributed by atoms with Crippen molar-refractivity contribution in [2.75, 3.05) is 0 Å². The molecule has 0 bridgehead atoms. The van der Waals surface area contributed by atoms with Crippen LogP contribution >= 0.6 is 0 Å². The number of H-pyrrole nitrogens is 1. The molecule has 1 aliphatic heterocycles. The number of aromatic hydroxyl groups is 1. The van der Waals surface area contributed by atoms with Gasteiger partial charge >= 0.3 is 0 Å². The van der Waals surface area contributed by atoms with Crippen molar-refractivity contribution < 1.29 is 9.84 Å². The molecule has 1 unspecified atom stereocenters. The van der Waals surface area contributed by atoms with Gasteiger partial charge in [-0.2, -0.15) is 5.10 Å². The molecule has 2 aliphatic rings. The van der Waals surface area contributed by atoms with Crippen molar-refractivity contribution in [1.29, 1.82) is 0 Å². The summed E-state index contributed by atoms with van der Waals surface area (Å²) in [7, 11) is 0. The molecule has 1 saturated heterocycles. The average Bonchev–Trinajstić information content (AvgIpc) is 3.17. The maximum absolute atomic E-state index is 10.4. The predicted octanol–water partition coefficient (Wildman–Crippen LogP) is 3.08. The van der Waals surface area contributed by atoms with E-state index in [4.69, 9.17) is 4.74 Å². The smallest absolute Gasteiger partial charge is 0.233 e. The Balaban J connectivity index is 1.32. The summed E-state index contributed by atoms with van der Waals surface area (Å²) in [6.45, 7) is 4.44. The first-order valence-electron chi connectivity index (χ1n) is 9.90. The Morgan fingerprint density at radius 1 is 1.10 bits per heavy atom. The van der Waals surface area contributed by atoms with E-state index >= 15 is 0 Å². The summed E-state index contributed by atoms with van der Waals surface area (Å²) in [6, 6.07) is 5.22. The Morgan fingerprint density at radius 3 is 2.62 bits per heavy atom. The van der Waals surface area contributed by atoms with Crippen LogP contribution in [0.25, 0.3) is 22.5 Å². The molecule has 1 aliphatic carbocycles. The van der Waals surface area contributed by atoms with Gasteiger partial charge in [0.1, 0.15) is 23.2 Å². The van der Waals surface area contributed by atoms with Crippen LogP contribution in [0.3, 0.4) is 0 Å². The molecule has 8 heteroatoms. The fraction of sp³-hybridized carbons (Fsp3) is 0.429. The van der Waals surface area contributed by atoms with E-state index < -0.39 is 0 Å². The molecule has 0 radical (unpaired) electrons. The summed E-state index contributed by atoms with van der Waals surface area (Å²) in [6.07, 6.45) is 9.56. The van der Waals surface area contributed by atoms with Crippen LogP contribution in [-0.4, -0.2) is 47.7 Å². The molecule has 4 heterocycles. The van der Waals surface area contributed by atoms with Gasteiger partial charge in [0, 0.05) is 53.5 Å². The van der Waals surface area contributed by atoms with Crippen LogP contribution in [0, 0.1) is 0 Å². The van der Waals surface area contributed by atoms with Gasteiger partial charge in [-0.25, -0.2) is 4.98 Å². The molecule has 3 aromatic heterocycles. The molecule has 1 saturated carbocycles. The minimum Gasteiger partial charge on any atom is -0.506 e. The molecule has 5 rings (SSSR count). The van der Waals surface area contributed by atoms with Gasteiger partial charge in [0.2, 0.25) is 5.88 Å². The number of aromatic nitrogens is 5. The number of hydrogen-bond donors (Lipinski definition) is 3. The standard InChI is InChI=1S/C21H24N6O2/c1-20(2)8-15(9-21(27-20)5-6-21)29-18-4-3-16(25-26-18)19-17(28)7-13(10-22-19)14-11-23-24-12-14/h3-4,7,10-12,15,27-28H,5-6,8-9H2,1-2H3,(H,23,24). The SMILES string of the molecule is CC1(C)CC(Oc2ccc(-c3ncc(-c4cn[nH]c4)cc3O)nn2)CC2(CC2)N1. The Labute approximate surface area is 168 Å².